The van der Waals surface area contributed by atoms with Crippen molar-refractivity contribution in [2.24, 2.45) is 0 Å². The molecular weight excluding hydrogens is 186 g/mol. The second kappa shape index (κ2) is 4.51. The molecule has 0 heterocycles. The summed E-state index contributed by atoms with van der Waals surface area (Å²) in [7, 11) is 0. The van der Waals surface area contributed by atoms with E-state index in [-0.39, 0.29) is 5.56 Å². The smallest absolute Gasteiger partial charge is 0.268 e. The van der Waals surface area contributed by atoms with E-state index in [1.54, 1.807) is 24.3 Å². The average molecular weight is 200 g/mol. The van der Waals surface area contributed by atoms with Crippen LogP contribution < -0.4 is 0 Å². The Morgan fingerprint density at radius 1 is 1.00 bits per heavy atom. The summed E-state index contributed by atoms with van der Waals surface area (Å²) in [5, 5.41) is 9.08. The van der Waals surface area contributed by atoms with Crippen LogP contribution in [0.2, 0.25) is 0 Å². The quantitative estimate of drug-likeness (QED) is 0.794. The zero-order chi connectivity index (χ0) is 10.7. The first kappa shape index (κ1) is 11.1. The molecule has 0 saturated heterocycles. The van der Waals surface area contributed by atoms with Crippen LogP contribution in [-0.2, 0) is 0 Å². The Hall–Kier alpha value is -0.960. The summed E-state index contributed by atoms with van der Waals surface area (Å²) in [5.74, 6) is 0.368. The number of aliphatic hydroxyl groups excluding tert-OH is 1. The molecular formula is C11H14F2O. The summed E-state index contributed by atoms with van der Waals surface area (Å²) in [6.07, 6.45) is -4.39. The van der Waals surface area contributed by atoms with E-state index in [4.69, 9.17) is 5.11 Å². The molecule has 0 aliphatic heterocycles. The number of hydrogen-bond acceptors (Lipinski definition) is 1. The highest BCUT2D eigenvalue weighted by atomic mass is 19.3. The SMILES string of the molecule is CC(C)c1ccc(C(O)C(F)F)cc1. The molecule has 1 unspecified atom stereocenters. The standard InChI is InChI=1S/C11H14F2O/c1-7(2)8-3-5-9(6-4-8)10(14)11(12)13/h3-7,10-11,14H,1-2H3. The largest absolute Gasteiger partial charge is 0.382 e. The van der Waals surface area contributed by atoms with Gasteiger partial charge in [-0.2, -0.15) is 0 Å². The first-order valence-corrected chi connectivity index (χ1v) is 4.58. The van der Waals surface area contributed by atoms with Crippen molar-refractivity contribution in [1.82, 2.24) is 0 Å². The lowest BCUT2D eigenvalue weighted by Gasteiger charge is -2.11. The number of benzene rings is 1. The highest BCUT2D eigenvalue weighted by molar-refractivity contribution is 5.26. The van der Waals surface area contributed by atoms with Crippen LogP contribution in [0.15, 0.2) is 24.3 Å². The fourth-order valence-corrected chi connectivity index (χ4v) is 1.22. The first-order chi connectivity index (χ1) is 6.52. The highest BCUT2D eigenvalue weighted by Crippen LogP contribution is 2.22. The summed E-state index contributed by atoms with van der Waals surface area (Å²) in [6, 6.07) is 6.63. The van der Waals surface area contributed by atoms with Gasteiger partial charge in [-0.15, -0.1) is 0 Å². The van der Waals surface area contributed by atoms with E-state index in [2.05, 4.69) is 0 Å². The van der Waals surface area contributed by atoms with Gasteiger partial charge in [0.2, 0.25) is 0 Å². The molecule has 1 rings (SSSR count). The Labute approximate surface area is 82.4 Å². The van der Waals surface area contributed by atoms with Gasteiger partial charge in [0.25, 0.3) is 6.43 Å². The Morgan fingerprint density at radius 2 is 1.43 bits per heavy atom. The summed E-state index contributed by atoms with van der Waals surface area (Å²) < 4.78 is 24.2. The van der Waals surface area contributed by atoms with Crippen LogP contribution in [0.1, 0.15) is 37.0 Å². The molecule has 0 spiro atoms. The Bertz CT molecular complexity index is 280. The predicted octanol–water partition coefficient (Wildman–Crippen LogP) is 3.11. The van der Waals surface area contributed by atoms with E-state index >= 15 is 0 Å². The van der Waals surface area contributed by atoms with Gasteiger partial charge in [0.05, 0.1) is 0 Å². The minimum absolute atomic E-state index is 0.268. The number of halogens is 2. The van der Waals surface area contributed by atoms with E-state index in [1.165, 1.54) is 0 Å². The highest BCUT2D eigenvalue weighted by Gasteiger charge is 2.18. The zero-order valence-electron chi connectivity index (χ0n) is 8.24. The van der Waals surface area contributed by atoms with Crippen molar-refractivity contribution in [3.05, 3.63) is 35.4 Å². The fraction of sp³-hybridized carbons (Fsp3) is 0.455. The van der Waals surface area contributed by atoms with Crippen LogP contribution in [0.4, 0.5) is 8.78 Å². The van der Waals surface area contributed by atoms with Gasteiger partial charge < -0.3 is 5.11 Å². The Balaban J connectivity index is 2.83. The topological polar surface area (TPSA) is 20.2 Å². The van der Waals surface area contributed by atoms with Crippen molar-refractivity contribution in [1.29, 1.82) is 0 Å². The molecule has 78 valence electrons. The van der Waals surface area contributed by atoms with Gasteiger partial charge >= 0.3 is 0 Å². The van der Waals surface area contributed by atoms with Crippen LogP contribution in [0.5, 0.6) is 0 Å². The van der Waals surface area contributed by atoms with Gasteiger partial charge in [-0.1, -0.05) is 38.1 Å². The van der Waals surface area contributed by atoms with Gasteiger partial charge in [-0.05, 0) is 17.0 Å². The van der Waals surface area contributed by atoms with Crippen LogP contribution in [-0.4, -0.2) is 11.5 Å². The predicted molar refractivity (Wildman–Crippen MR) is 51.5 cm³/mol. The zero-order valence-corrected chi connectivity index (χ0v) is 8.24. The normalized spacial score (nSPS) is 13.6. The molecule has 14 heavy (non-hydrogen) atoms. The maximum Gasteiger partial charge on any atom is 0.268 e. The van der Waals surface area contributed by atoms with Crippen LogP contribution >= 0.6 is 0 Å². The van der Waals surface area contributed by atoms with Gasteiger partial charge in [-0.3, -0.25) is 0 Å². The molecule has 0 aliphatic rings. The lowest BCUT2D eigenvalue weighted by molar-refractivity contribution is -0.00578. The van der Waals surface area contributed by atoms with Crippen molar-refractivity contribution in [3.8, 4) is 0 Å². The van der Waals surface area contributed by atoms with E-state index in [0.29, 0.717) is 5.92 Å². The molecule has 1 N–H and O–H groups in total. The minimum Gasteiger partial charge on any atom is -0.382 e. The summed E-state index contributed by atoms with van der Waals surface area (Å²) in [4.78, 5) is 0. The summed E-state index contributed by atoms with van der Waals surface area (Å²) >= 11 is 0. The van der Waals surface area contributed by atoms with E-state index in [0.717, 1.165) is 5.56 Å². The first-order valence-electron chi connectivity index (χ1n) is 4.58. The summed E-state index contributed by atoms with van der Waals surface area (Å²) in [5.41, 5.74) is 1.35. The third-order valence-electron chi connectivity index (χ3n) is 2.18. The fourth-order valence-electron chi connectivity index (χ4n) is 1.22. The molecule has 0 radical (unpaired) electrons. The molecule has 0 amide bonds. The third kappa shape index (κ3) is 2.51. The van der Waals surface area contributed by atoms with Crippen LogP contribution in [0.3, 0.4) is 0 Å². The lowest BCUT2D eigenvalue weighted by Crippen LogP contribution is -2.07. The van der Waals surface area contributed by atoms with Crippen molar-refractivity contribution < 1.29 is 13.9 Å². The number of rotatable bonds is 3. The molecule has 1 atom stereocenters. The van der Waals surface area contributed by atoms with E-state index < -0.39 is 12.5 Å². The maximum absolute atomic E-state index is 12.1. The molecule has 0 aliphatic carbocycles. The Kier molecular flexibility index (Phi) is 3.58. The molecule has 0 fully saturated rings. The monoisotopic (exact) mass is 200 g/mol. The molecule has 3 heteroatoms. The van der Waals surface area contributed by atoms with Gasteiger partial charge in [0.1, 0.15) is 6.10 Å². The molecule has 1 aromatic rings. The minimum atomic E-state index is -2.72. The van der Waals surface area contributed by atoms with Crippen molar-refractivity contribution >= 4 is 0 Å². The molecule has 0 bridgehead atoms. The second-order valence-electron chi connectivity index (χ2n) is 3.60. The van der Waals surface area contributed by atoms with Gasteiger partial charge in [0.15, 0.2) is 0 Å². The van der Waals surface area contributed by atoms with Gasteiger partial charge in [-0.25, -0.2) is 8.78 Å². The summed E-state index contributed by atoms with van der Waals surface area (Å²) in [6.45, 7) is 4.05. The van der Waals surface area contributed by atoms with Crippen LogP contribution in [0.25, 0.3) is 0 Å². The molecule has 0 aromatic heterocycles. The number of alkyl halides is 2. The van der Waals surface area contributed by atoms with Crippen molar-refractivity contribution in [3.63, 3.8) is 0 Å². The number of hydrogen-bond donors (Lipinski definition) is 1. The van der Waals surface area contributed by atoms with Crippen LogP contribution in [0, 0.1) is 0 Å². The second-order valence-corrected chi connectivity index (χ2v) is 3.60. The van der Waals surface area contributed by atoms with Crippen molar-refractivity contribution in [2.45, 2.75) is 32.3 Å². The van der Waals surface area contributed by atoms with Gasteiger partial charge in [0, 0.05) is 0 Å². The van der Waals surface area contributed by atoms with E-state index in [1.807, 2.05) is 13.8 Å². The molecule has 1 nitrogen and oxygen atoms in total. The van der Waals surface area contributed by atoms with E-state index in [9.17, 15) is 8.78 Å². The maximum atomic E-state index is 12.1. The average Bonchev–Trinajstić information content (AvgIpc) is 2.16. The lowest BCUT2D eigenvalue weighted by atomic mass is 10.0. The Morgan fingerprint density at radius 3 is 1.79 bits per heavy atom. The number of aliphatic hydroxyl groups is 1. The third-order valence-corrected chi connectivity index (χ3v) is 2.18. The molecule has 0 saturated carbocycles. The molecule has 1 aromatic carbocycles. The van der Waals surface area contributed by atoms with Crippen molar-refractivity contribution in [2.75, 3.05) is 0 Å².